The zero-order valence-corrected chi connectivity index (χ0v) is 13.3. The standard InChI is InChI=1S/C20H21NO2/c1-23-14-10-11-17-16(12-14)19-15(8-5-9-18(19)22)20(21-17)13-6-3-2-4-7-13/h2-4,6-7,10-12,15,19-21H,5,8-9H2,1H3/t15-,19+,20-/m1/s1. The van der Waals surface area contributed by atoms with E-state index >= 15 is 0 Å². The fourth-order valence-corrected chi connectivity index (χ4v) is 4.16. The molecule has 3 atom stereocenters. The van der Waals surface area contributed by atoms with Crippen LogP contribution >= 0.6 is 0 Å². The number of rotatable bonds is 2. The topological polar surface area (TPSA) is 38.3 Å². The molecule has 1 fully saturated rings. The largest absolute Gasteiger partial charge is 0.497 e. The summed E-state index contributed by atoms with van der Waals surface area (Å²) in [5.74, 6) is 1.50. The number of ether oxygens (including phenoxy) is 1. The summed E-state index contributed by atoms with van der Waals surface area (Å²) in [6.07, 6.45) is 2.77. The molecule has 0 saturated heterocycles. The van der Waals surface area contributed by atoms with Crippen molar-refractivity contribution in [3.8, 4) is 5.75 Å². The van der Waals surface area contributed by atoms with Crippen molar-refractivity contribution in [3.05, 3.63) is 59.7 Å². The fourth-order valence-electron chi connectivity index (χ4n) is 4.16. The molecule has 2 aromatic carbocycles. The van der Waals surface area contributed by atoms with E-state index in [1.54, 1.807) is 7.11 Å². The van der Waals surface area contributed by atoms with Crippen molar-refractivity contribution >= 4 is 11.5 Å². The maximum absolute atomic E-state index is 12.7. The summed E-state index contributed by atoms with van der Waals surface area (Å²) in [4.78, 5) is 12.7. The summed E-state index contributed by atoms with van der Waals surface area (Å²) in [5, 5.41) is 3.68. The van der Waals surface area contributed by atoms with Gasteiger partial charge in [-0.15, -0.1) is 0 Å². The summed E-state index contributed by atoms with van der Waals surface area (Å²) in [7, 11) is 1.67. The van der Waals surface area contributed by atoms with Crippen LogP contribution in [0.3, 0.4) is 0 Å². The number of hydrogen-bond donors (Lipinski definition) is 1. The highest BCUT2D eigenvalue weighted by atomic mass is 16.5. The lowest BCUT2D eigenvalue weighted by molar-refractivity contribution is -0.123. The third kappa shape index (κ3) is 2.40. The van der Waals surface area contributed by atoms with E-state index in [4.69, 9.17) is 4.74 Å². The Balaban J connectivity index is 1.82. The Bertz CT molecular complexity index is 726. The van der Waals surface area contributed by atoms with Crippen molar-refractivity contribution in [3.63, 3.8) is 0 Å². The fraction of sp³-hybridized carbons (Fsp3) is 0.350. The lowest BCUT2D eigenvalue weighted by Gasteiger charge is -2.43. The minimum atomic E-state index is -0.0136. The molecule has 0 bridgehead atoms. The van der Waals surface area contributed by atoms with Crippen molar-refractivity contribution in [1.82, 2.24) is 0 Å². The van der Waals surface area contributed by atoms with Crippen LogP contribution < -0.4 is 10.1 Å². The highest BCUT2D eigenvalue weighted by Crippen LogP contribution is 2.50. The number of Topliss-reactive ketones (excluding diaryl/α,β-unsaturated/α-hetero) is 1. The molecule has 3 heteroatoms. The highest BCUT2D eigenvalue weighted by Gasteiger charge is 2.42. The first-order valence-electron chi connectivity index (χ1n) is 8.30. The Labute approximate surface area is 136 Å². The average Bonchev–Trinajstić information content (AvgIpc) is 2.61. The Kier molecular flexibility index (Phi) is 3.56. The quantitative estimate of drug-likeness (QED) is 0.898. The molecule has 1 aliphatic carbocycles. The second-order valence-electron chi connectivity index (χ2n) is 6.49. The van der Waals surface area contributed by atoms with Crippen LogP contribution in [-0.4, -0.2) is 12.9 Å². The van der Waals surface area contributed by atoms with Gasteiger partial charge in [-0.05, 0) is 48.1 Å². The number of anilines is 1. The van der Waals surface area contributed by atoms with Gasteiger partial charge in [0.05, 0.1) is 13.2 Å². The van der Waals surface area contributed by atoms with Crippen molar-refractivity contribution < 1.29 is 9.53 Å². The highest BCUT2D eigenvalue weighted by molar-refractivity contribution is 5.89. The minimum Gasteiger partial charge on any atom is -0.497 e. The summed E-state index contributed by atoms with van der Waals surface area (Å²) < 4.78 is 5.37. The van der Waals surface area contributed by atoms with E-state index in [0.717, 1.165) is 29.8 Å². The monoisotopic (exact) mass is 307 g/mol. The van der Waals surface area contributed by atoms with Crippen LogP contribution in [0.5, 0.6) is 5.75 Å². The molecule has 2 aromatic rings. The molecule has 1 heterocycles. The normalized spacial score (nSPS) is 26.0. The molecular weight excluding hydrogens is 286 g/mol. The van der Waals surface area contributed by atoms with Crippen molar-refractivity contribution in [2.75, 3.05) is 12.4 Å². The first-order valence-corrected chi connectivity index (χ1v) is 8.30. The van der Waals surface area contributed by atoms with E-state index in [1.165, 1.54) is 5.56 Å². The summed E-state index contributed by atoms with van der Waals surface area (Å²) in [5.41, 5.74) is 3.43. The maximum Gasteiger partial charge on any atom is 0.140 e. The zero-order chi connectivity index (χ0) is 15.8. The number of fused-ring (bicyclic) bond motifs is 3. The first kappa shape index (κ1) is 14.3. The molecule has 1 N–H and O–H groups in total. The molecule has 4 rings (SSSR count). The van der Waals surface area contributed by atoms with Gasteiger partial charge in [0.25, 0.3) is 0 Å². The molecule has 0 amide bonds. The van der Waals surface area contributed by atoms with Gasteiger partial charge in [0.15, 0.2) is 0 Å². The van der Waals surface area contributed by atoms with Crippen LogP contribution in [0.2, 0.25) is 0 Å². The number of benzene rings is 2. The Morgan fingerprint density at radius 3 is 2.74 bits per heavy atom. The summed E-state index contributed by atoms with van der Waals surface area (Å²) in [6.45, 7) is 0. The Morgan fingerprint density at radius 1 is 1.13 bits per heavy atom. The summed E-state index contributed by atoms with van der Waals surface area (Å²) >= 11 is 0. The second kappa shape index (κ2) is 5.73. The molecule has 0 spiro atoms. The lowest BCUT2D eigenvalue weighted by atomic mass is 9.67. The van der Waals surface area contributed by atoms with E-state index in [0.29, 0.717) is 18.1 Å². The van der Waals surface area contributed by atoms with Gasteiger partial charge >= 0.3 is 0 Å². The number of hydrogen-bond acceptors (Lipinski definition) is 3. The van der Waals surface area contributed by atoms with E-state index in [-0.39, 0.29) is 12.0 Å². The molecule has 0 radical (unpaired) electrons. The van der Waals surface area contributed by atoms with Crippen molar-refractivity contribution in [2.45, 2.75) is 31.2 Å². The van der Waals surface area contributed by atoms with Gasteiger partial charge in [0.2, 0.25) is 0 Å². The summed E-state index contributed by atoms with van der Waals surface area (Å²) in [6, 6.07) is 16.7. The van der Waals surface area contributed by atoms with Gasteiger partial charge in [0, 0.05) is 18.0 Å². The number of methoxy groups -OCH3 is 1. The van der Waals surface area contributed by atoms with Crippen LogP contribution in [0.4, 0.5) is 5.69 Å². The molecule has 1 aliphatic heterocycles. The number of carbonyl (C=O) groups excluding carboxylic acids is 1. The Morgan fingerprint density at radius 2 is 1.96 bits per heavy atom. The minimum absolute atomic E-state index is 0.0136. The van der Waals surface area contributed by atoms with Crippen LogP contribution in [-0.2, 0) is 4.79 Å². The van der Waals surface area contributed by atoms with Crippen molar-refractivity contribution in [2.24, 2.45) is 5.92 Å². The predicted octanol–water partition coefficient (Wildman–Crippen LogP) is 4.31. The van der Waals surface area contributed by atoms with E-state index < -0.39 is 0 Å². The predicted molar refractivity (Wildman–Crippen MR) is 90.9 cm³/mol. The number of ketones is 1. The second-order valence-corrected chi connectivity index (χ2v) is 6.49. The molecule has 23 heavy (non-hydrogen) atoms. The average molecular weight is 307 g/mol. The van der Waals surface area contributed by atoms with Crippen LogP contribution in [0.15, 0.2) is 48.5 Å². The van der Waals surface area contributed by atoms with E-state index in [9.17, 15) is 4.79 Å². The SMILES string of the molecule is COc1ccc2c(c1)[C@H]1C(=O)CCC[C@H]1[C@@H](c1ccccc1)N2. The zero-order valence-electron chi connectivity index (χ0n) is 13.3. The molecular formula is C20H21NO2. The first-order chi connectivity index (χ1) is 11.3. The van der Waals surface area contributed by atoms with E-state index in [1.807, 2.05) is 24.3 Å². The van der Waals surface area contributed by atoms with Gasteiger partial charge in [-0.2, -0.15) is 0 Å². The van der Waals surface area contributed by atoms with Crippen molar-refractivity contribution in [1.29, 1.82) is 0 Å². The maximum atomic E-state index is 12.7. The third-order valence-corrected chi connectivity index (χ3v) is 5.23. The van der Waals surface area contributed by atoms with Gasteiger partial charge in [-0.3, -0.25) is 4.79 Å². The molecule has 118 valence electrons. The van der Waals surface area contributed by atoms with E-state index in [2.05, 4.69) is 29.6 Å². The molecule has 2 aliphatic rings. The molecule has 3 nitrogen and oxygen atoms in total. The van der Waals surface area contributed by atoms with Crippen LogP contribution in [0.25, 0.3) is 0 Å². The lowest BCUT2D eigenvalue weighted by Crippen LogP contribution is -2.38. The van der Waals surface area contributed by atoms with Crippen LogP contribution in [0, 0.1) is 5.92 Å². The molecule has 0 aromatic heterocycles. The molecule has 0 unspecified atom stereocenters. The Hall–Kier alpha value is -2.29. The van der Waals surface area contributed by atoms with Gasteiger partial charge in [-0.25, -0.2) is 0 Å². The van der Waals surface area contributed by atoms with Crippen LogP contribution in [0.1, 0.15) is 42.3 Å². The van der Waals surface area contributed by atoms with Gasteiger partial charge in [-0.1, -0.05) is 30.3 Å². The number of nitrogens with one attached hydrogen (secondary N) is 1. The smallest absolute Gasteiger partial charge is 0.140 e. The van der Waals surface area contributed by atoms with Gasteiger partial charge in [0.1, 0.15) is 11.5 Å². The molecule has 1 saturated carbocycles. The number of carbonyl (C=O) groups is 1. The third-order valence-electron chi connectivity index (χ3n) is 5.23. The van der Waals surface area contributed by atoms with Gasteiger partial charge < -0.3 is 10.1 Å².